The molecular formula is C20H18ClN3O. The van der Waals surface area contributed by atoms with Crippen molar-refractivity contribution in [2.24, 2.45) is 0 Å². The van der Waals surface area contributed by atoms with Crippen molar-refractivity contribution in [2.75, 3.05) is 31.1 Å². The molecule has 1 fully saturated rings. The van der Waals surface area contributed by atoms with Gasteiger partial charge in [-0.05, 0) is 36.4 Å². The number of amides is 1. The molecule has 4 nitrogen and oxygen atoms in total. The molecule has 2 aromatic carbocycles. The number of rotatable bonds is 2. The van der Waals surface area contributed by atoms with E-state index in [4.69, 9.17) is 11.6 Å². The third-order valence-electron chi connectivity index (χ3n) is 4.62. The summed E-state index contributed by atoms with van der Waals surface area (Å²) in [6.45, 7) is 2.97. The molecule has 0 atom stereocenters. The highest BCUT2D eigenvalue weighted by Crippen LogP contribution is 2.31. The molecule has 1 saturated heterocycles. The summed E-state index contributed by atoms with van der Waals surface area (Å²) in [7, 11) is 0. The molecule has 1 aliphatic heterocycles. The number of carbonyl (C=O) groups excluding carboxylic acids is 1. The van der Waals surface area contributed by atoms with Gasteiger partial charge in [-0.1, -0.05) is 29.8 Å². The van der Waals surface area contributed by atoms with Crippen molar-refractivity contribution in [3.63, 3.8) is 0 Å². The van der Waals surface area contributed by atoms with Gasteiger partial charge in [0, 0.05) is 43.3 Å². The number of piperazine rings is 1. The van der Waals surface area contributed by atoms with Gasteiger partial charge in [-0.15, -0.1) is 0 Å². The molecule has 0 spiro atoms. The number of fused-ring (bicyclic) bond motifs is 1. The van der Waals surface area contributed by atoms with Crippen LogP contribution >= 0.6 is 11.6 Å². The Balaban J connectivity index is 1.53. The van der Waals surface area contributed by atoms with Crippen LogP contribution in [0.1, 0.15) is 10.4 Å². The minimum atomic E-state index is 0.0966. The molecule has 1 aliphatic rings. The SMILES string of the molecule is O=C(c1ccccc1)N1CCN(c2ccc(Cl)c3cccnc23)CC1. The van der Waals surface area contributed by atoms with Gasteiger partial charge >= 0.3 is 0 Å². The lowest BCUT2D eigenvalue weighted by Crippen LogP contribution is -2.48. The Morgan fingerprint density at radius 1 is 0.920 bits per heavy atom. The second-order valence-electron chi connectivity index (χ2n) is 6.11. The van der Waals surface area contributed by atoms with Crippen LogP contribution in [0.3, 0.4) is 0 Å². The maximum absolute atomic E-state index is 12.6. The van der Waals surface area contributed by atoms with E-state index in [0.717, 1.165) is 35.2 Å². The molecule has 25 heavy (non-hydrogen) atoms. The quantitative estimate of drug-likeness (QED) is 0.703. The van der Waals surface area contributed by atoms with E-state index in [1.807, 2.05) is 59.5 Å². The highest BCUT2D eigenvalue weighted by molar-refractivity contribution is 6.35. The van der Waals surface area contributed by atoms with Crippen LogP contribution in [-0.4, -0.2) is 42.0 Å². The number of hydrogen-bond donors (Lipinski definition) is 0. The maximum atomic E-state index is 12.6. The smallest absolute Gasteiger partial charge is 0.253 e. The van der Waals surface area contributed by atoms with E-state index >= 15 is 0 Å². The second-order valence-corrected chi connectivity index (χ2v) is 6.52. The Kier molecular flexibility index (Phi) is 4.28. The molecule has 126 valence electrons. The Morgan fingerprint density at radius 2 is 1.68 bits per heavy atom. The van der Waals surface area contributed by atoms with Crippen LogP contribution in [0.5, 0.6) is 0 Å². The number of nitrogens with zero attached hydrogens (tertiary/aromatic N) is 3. The van der Waals surface area contributed by atoms with Gasteiger partial charge in [-0.2, -0.15) is 0 Å². The number of benzene rings is 2. The number of hydrogen-bond acceptors (Lipinski definition) is 3. The van der Waals surface area contributed by atoms with E-state index < -0.39 is 0 Å². The zero-order chi connectivity index (χ0) is 17.2. The van der Waals surface area contributed by atoms with Crippen LogP contribution in [0.2, 0.25) is 5.02 Å². The third-order valence-corrected chi connectivity index (χ3v) is 4.95. The van der Waals surface area contributed by atoms with Gasteiger partial charge in [-0.3, -0.25) is 9.78 Å². The van der Waals surface area contributed by atoms with Crippen LogP contribution < -0.4 is 4.90 Å². The van der Waals surface area contributed by atoms with E-state index in [0.29, 0.717) is 18.1 Å². The van der Waals surface area contributed by atoms with Crippen LogP contribution in [0.25, 0.3) is 10.9 Å². The van der Waals surface area contributed by atoms with Gasteiger partial charge in [0.15, 0.2) is 0 Å². The largest absolute Gasteiger partial charge is 0.366 e. The Morgan fingerprint density at radius 3 is 2.44 bits per heavy atom. The summed E-state index contributed by atoms with van der Waals surface area (Å²) in [5, 5.41) is 1.68. The summed E-state index contributed by atoms with van der Waals surface area (Å²) >= 11 is 6.29. The minimum absolute atomic E-state index is 0.0966. The third kappa shape index (κ3) is 3.05. The fourth-order valence-corrected chi connectivity index (χ4v) is 3.51. The lowest BCUT2D eigenvalue weighted by atomic mass is 10.1. The molecule has 0 saturated carbocycles. The molecule has 4 rings (SSSR count). The molecule has 0 bridgehead atoms. The van der Waals surface area contributed by atoms with Gasteiger partial charge in [0.1, 0.15) is 0 Å². The molecule has 0 N–H and O–H groups in total. The summed E-state index contributed by atoms with van der Waals surface area (Å²) in [6.07, 6.45) is 1.79. The lowest BCUT2D eigenvalue weighted by Gasteiger charge is -2.36. The van der Waals surface area contributed by atoms with Gasteiger partial charge in [0.2, 0.25) is 0 Å². The molecule has 0 aliphatic carbocycles. The van der Waals surface area contributed by atoms with Crippen molar-refractivity contribution in [2.45, 2.75) is 0 Å². The summed E-state index contributed by atoms with van der Waals surface area (Å²) in [4.78, 5) is 21.3. The molecule has 2 heterocycles. The van der Waals surface area contributed by atoms with Crippen molar-refractivity contribution in [3.8, 4) is 0 Å². The van der Waals surface area contributed by atoms with E-state index in [9.17, 15) is 4.79 Å². The predicted molar refractivity (Wildman–Crippen MR) is 101 cm³/mol. The lowest BCUT2D eigenvalue weighted by molar-refractivity contribution is 0.0747. The average molecular weight is 352 g/mol. The van der Waals surface area contributed by atoms with Crippen LogP contribution in [-0.2, 0) is 0 Å². The van der Waals surface area contributed by atoms with E-state index in [1.165, 1.54) is 0 Å². The Labute approximate surface area is 151 Å². The normalized spacial score (nSPS) is 14.8. The molecule has 0 radical (unpaired) electrons. The summed E-state index contributed by atoms with van der Waals surface area (Å²) < 4.78 is 0. The number of halogens is 1. The van der Waals surface area contributed by atoms with Crippen LogP contribution in [0, 0.1) is 0 Å². The van der Waals surface area contributed by atoms with E-state index in [-0.39, 0.29) is 5.91 Å². The van der Waals surface area contributed by atoms with E-state index in [2.05, 4.69) is 9.88 Å². The highest BCUT2D eigenvalue weighted by Gasteiger charge is 2.23. The average Bonchev–Trinajstić information content (AvgIpc) is 2.69. The molecule has 3 aromatic rings. The number of pyridine rings is 1. The van der Waals surface area contributed by atoms with Crippen molar-refractivity contribution < 1.29 is 4.79 Å². The Bertz CT molecular complexity index is 905. The summed E-state index contributed by atoms with van der Waals surface area (Å²) in [6, 6.07) is 17.3. The number of carbonyl (C=O) groups is 1. The first-order valence-corrected chi connectivity index (χ1v) is 8.74. The summed E-state index contributed by atoms with van der Waals surface area (Å²) in [5.74, 6) is 0.0966. The molecular weight excluding hydrogens is 334 g/mol. The standard InChI is InChI=1S/C20H18ClN3O/c21-17-8-9-18(19-16(17)7-4-10-22-19)23-11-13-24(14-12-23)20(25)15-5-2-1-3-6-15/h1-10H,11-14H2. The fraction of sp³-hybridized carbons (Fsp3) is 0.200. The number of anilines is 1. The summed E-state index contributed by atoms with van der Waals surface area (Å²) in [5.41, 5.74) is 2.74. The topological polar surface area (TPSA) is 36.4 Å². The maximum Gasteiger partial charge on any atom is 0.253 e. The molecule has 5 heteroatoms. The van der Waals surface area contributed by atoms with Gasteiger partial charge in [0.05, 0.1) is 16.2 Å². The highest BCUT2D eigenvalue weighted by atomic mass is 35.5. The molecule has 0 unspecified atom stereocenters. The first kappa shape index (κ1) is 15.9. The Hall–Kier alpha value is -2.59. The fourth-order valence-electron chi connectivity index (χ4n) is 3.29. The van der Waals surface area contributed by atoms with Crippen molar-refractivity contribution in [3.05, 3.63) is 71.4 Å². The number of aromatic nitrogens is 1. The van der Waals surface area contributed by atoms with Crippen molar-refractivity contribution >= 4 is 34.1 Å². The van der Waals surface area contributed by atoms with Crippen LogP contribution in [0.15, 0.2) is 60.8 Å². The zero-order valence-corrected chi connectivity index (χ0v) is 14.5. The van der Waals surface area contributed by atoms with Gasteiger partial charge < -0.3 is 9.80 Å². The first-order chi connectivity index (χ1) is 12.2. The molecule has 1 amide bonds. The monoisotopic (exact) mass is 351 g/mol. The van der Waals surface area contributed by atoms with Gasteiger partial charge in [0.25, 0.3) is 5.91 Å². The zero-order valence-electron chi connectivity index (χ0n) is 13.7. The minimum Gasteiger partial charge on any atom is -0.366 e. The van der Waals surface area contributed by atoms with Crippen molar-refractivity contribution in [1.29, 1.82) is 0 Å². The van der Waals surface area contributed by atoms with E-state index in [1.54, 1.807) is 6.20 Å². The van der Waals surface area contributed by atoms with Gasteiger partial charge in [-0.25, -0.2) is 0 Å². The predicted octanol–water partition coefficient (Wildman–Crippen LogP) is 3.85. The van der Waals surface area contributed by atoms with Crippen LogP contribution in [0.4, 0.5) is 5.69 Å². The second kappa shape index (κ2) is 6.73. The molecule has 1 aromatic heterocycles. The van der Waals surface area contributed by atoms with Crippen molar-refractivity contribution in [1.82, 2.24) is 9.88 Å². The first-order valence-electron chi connectivity index (χ1n) is 8.36.